The van der Waals surface area contributed by atoms with Gasteiger partial charge in [-0.3, -0.25) is 9.69 Å². The average Bonchev–Trinajstić information content (AvgIpc) is 2.47. The van der Waals surface area contributed by atoms with Crippen LogP contribution in [0.2, 0.25) is 0 Å². The standard InChI is InChI=1S/C18H29N3O.ClH/c1-13(2)16-8-4-5-9-17(16)20-18(22)12-21-10-6-7-15(11-21)14(3)19;/h4-5,8-9,13-15H,6-7,10-12,19H2,1-3H3,(H,20,22);1H. The maximum absolute atomic E-state index is 12.3. The van der Waals surface area contributed by atoms with E-state index in [0.717, 1.165) is 25.2 Å². The fourth-order valence-corrected chi connectivity index (χ4v) is 3.17. The Bertz CT molecular complexity index is 505. The van der Waals surface area contributed by atoms with E-state index in [0.29, 0.717) is 18.4 Å². The number of anilines is 1. The van der Waals surface area contributed by atoms with Gasteiger partial charge in [0.1, 0.15) is 0 Å². The molecule has 1 aliphatic heterocycles. The molecule has 2 rings (SSSR count). The Balaban J connectivity index is 0.00000264. The summed E-state index contributed by atoms with van der Waals surface area (Å²) in [6, 6.07) is 8.24. The van der Waals surface area contributed by atoms with Crippen molar-refractivity contribution in [3.8, 4) is 0 Å². The zero-order valence-corrected chi connectivity index (χ0v) is 15.2. The predicted octanol–water partition coefficient (Wildman–Crippen LogP) is 3.23. The minimum Gasteiger partial charge on any atom is -0.328 e. The Kier molecular flexibility index (Phi) is 8.03. The smallest absolute Gasteiger partial charge is 0.238 e. The second kappa shape index (κ2) is 9.26. The molecule has 1 aliphatic rings. The highest BCUT2D eigenvalue weighted by molar-refractivity contribution is 5.93. The highest BCUT2D eigenvalue weighted by atomic mass is 35.5. The van der Waals surface area contributed by atoms with Gasteiger partial charge in [-0.25, -0.2) is 0 Å². The van der Waals surface area contributed by atoms with Crippen molar-refractivity contribution in [2.24, 2.45) is 11.7 Å². The Morgan fingerprint density at radius 2 is 2.04 bits per heavy atom. The van der Waals surface area contributed by atoms with E-state index in [4.69, 9.17) is 5.73 Å². The minimum atomic E-state index is 0. The van der Waals surface area contributed by atoms with Crippen molar-refractivity contribution in [3.05, 3.63) is 29.8 Å². The molecule has 0 bridgehead atoms. The third-order valence-electron chi connectivity index (χ3n) is 4.51. The first-order chi connectivity index (χ1) is 10.5. The highest BCUT2D eigenvalue weighted by Crippen LogP contribution is 2.24. The Hall–Kier alpha value is -1.10. The summed E-state index contributed by atoms with van der Waals surface area (Å²) >= 11 is 0. The number of carbonyl (C=O) groups excluding carboxylic acids is 1. The summed E-state index contributed by atoms with van der Waals surface area (Å²) in [4.78, 5) is 14.6. The maximum atomic E-state index is 12.3. The van der Waals surface area contributed by atoms with E-state index in [2.05, 4.69) is 37.1 Å². The summed E-state index contributed by atoms with van der Waals surface area (Å²) in [5.74, 6) is 0.969. The number of para-hydroxylation sites is 1. The van der Waals surface area contributed by atoms with Gasteiger partial charge in [0.15, 0.2) is 0 Å². The van der Waals surface area contributed by atoms with Crippen molar-refractivity contribution in [2.75, 3.05) is 25.0 Å². The van der Waals surface area contributed by atoms with Crippen LogP contribution in [0.1, 0.15) is 45.1 Å². The summed E-state index contributed by atoms with van der Waals surface area (Å²) in [6.07, 6.45) is 2.30. The monoisotopic (exact) mass is 339 g/mol. The van der Waals surface area contributed by atoms with E-state index in [-0.39, 0.29) is 24.4 Å². The molecule has 0 saturated carbocycles. The Morgan fingerprint density at radius 1 is 1.35 bits per heavy atom. The topological polar surface area (TPSA) is 58.4 Å². The van der Waals surface area contributed by atoms with Gasteiger partial charge < -0.3 is 11.1 Å². The zero-order valence-electron chi connectivity index (χ0n) is 14.4. The number of hydrogen-bond donors (Lipinski definition) is 2. The number of amides is 1. The van der Waals surface area contributed by atoms with E-state index in [1.165, 1.54) is 12.0 Å². The lowest BCUT2D eigenvalue weighted by molar-refractivity contribution is -0.117. The molecule has 2 atom stereocenters. The molecule has 1 heterocycles. The van der Waals surface area contributed by atoms with E-state index in [9.17, 15) is 4.79 Å². The van der Waals surface area contributed by atoms with E-state index in [1.54, 1.807) is 0 Å². The molecular weight excluding hydrogens is 310 g/mol. The van der Waals surface area contributed by atoms with Crippen LogP contribution in [-0.2, 0) is 4.79 Å². The Morgan fingerprint density at radius 3 is 2.70 bits per heavy atom. The van der Waals surface area contributed by atoms with Gasteiger partial charge in [0.05, 0.1) is 6.54 Å². The minimum absolute atomic E-state index is 0. The molecule has 0 aromatic heterocycles. The third kappa shape index (κ3) is 5.79. The number of piperidine rings is 1. The summed E-state index contributed by atoms with van der Waals surface area (Å²) in [6.45, 7) is 8.72. The third-order valence-corrected chi connectivity index (χ3v) is 4.51. The SMILES string of the molecule is CC(C)c1ccccc1NC(=O)CN1CCCC(C(C)N)C1.Cl. The van der Waals surface area contributed by atoms with Gasteiger partial charge in [0.2, 0.25) is 5.91 Å². The van der Waals surface area contributed by atoms with Crippen LogP contribution in [0.25, 0.3) is 0 Å². The van der Waals surface area contributed by atoms with Crippen molar-refractivity contribution in [1.29, 1.82) is 0 Å². The van der Waals surface area contributed by atoms with Crippen LogP contribution in [0, 0.1) is 5.92 Å². The van der Waals surface area contributed by atoms with Gasteiger partial charge in [-0.1, -0.05) is 32.0 Å². The number of hydrogen-bond acceptors (Lipinski definition) is 3. The number of nitrogens with one attached hydrogen (secondary N) is 1. The molecule has 1 amide bonds. The first-order valence-electron chi connectivity index (χ1n) is 8.34. The molecule has 1 aromatic rings. The molecule has 4 nitrogen and oxygen atoms in total. The number of nitrogens with zero attached hydrogens (tertiary/aromatic N) is 1. The number of likely N-dealkylation sites (tertiary alicyclic amines) is 1. The van der Waals surface area contributed by atoms with Gasteiger partial charge in [-0.05, 0) is 49.8 Å². The van der Waals surface area contributed by atoms with Gasteiger partial charge in [0.25, 0.3) is 0 Å². The fraction of sp³-hybridized carbons (Fsp3) is 0.611. The molecule has 0 aliphatic carbocycles. The van der Waals surface area contributed by atoms with Crippen LogP contribution in [0.15, 0.2) is 24.3 Å². The first kappa shape index (κ1) is 19.9. The summed E-state index contributed by atoms with van der Waals surface area (Å²) in [7, 11) is 0. The number of rotatable bonds is 5. The van der Waals surface area contributed by atoms with E-state index < -0.39 is 0 Å². The molecular formula is C18H30ClN3O. The molecule has 0 spiro atoms. The van der Waals surface area contributed by atoms with Crippen molar-refractivity contribution >= 4 is 24.0 Å². The van der Waals surface area contributed by atoms with Crippen LogP contribution < -0.4 is 11.1 Å². The number of halogens is 1. The van der Waals surface area contributed by atoms with Gasteiger partial charge in [0, 0.05) is 18.3 Å². The lowest BCUT2D eigenvalue weighted by Gasteiger charge is -2.34. The molecule has 0 radical (unpaired) electrons. The summed E-state index contributed by atoms with van der Waals surface area (Å²) in [5, 5.41) is 3.07. The quantitative estimate of drug-likeness (QED) is 0.865. The Labute approximate surface area is 146 Å². The van der Waals surface area contributed by atoms with Crippen molar-refractivity contribution < 1.29 is 4.79 Å². The lowest BCUT2D eigenvalue weighted by Crippen LogP contribution is -2.45. The fourth-order valence-electron chi connectivity index (χ4n) is 3.17. The second-order valence-corrected chi connectivity index (χ2v) is 6.79. The largest absolute Gasteiger partial charge is 0.328 e. The van der Waals surface area contributed by atoms with E-state index in [1.807, 2.05) is 18.2 Å². The summed E-state index contributed by atoms with van der Waals surface area (Å²) < 4.78 is 0. The molecule has 1 aromatic carbocycles. The number of benzene rings is 1. The van der Waals surface area contributed by atoms with Crippen LogP contribution in [0.4, 0.5) is 5.69 Å². The molecule has 3 N–H and O–H groups in total. The van der Waals surface area contributed by atoms with E-state index >= 15 is 0 Å². The molecule has 1 fully saturated rings. The van der Waals surface area contributed by atoms with Crippen molar-refractivity contribution in [2.45, 2.75) is 45.6 Å². The van der Waals surface area contributed by atoms with Crippen LogP contribution in [-0.4, -0.2) is 36.5 Å². The van der Waals surface area contributed by atoms with Gasteiger partial charge >= 0.3 is 0 Å². The van der Waals surface area contributed by atoms with Crippen molar-refractivity contribution in [1.82, 2.24) is 4.90 Å². The molecule has 5 heteroatoms. The van der Waals surface area contributed by atoms with Gasteiger partial charge in [-0.2, -0.15) is 0 Å². The lowest BCUT2D eigenvalue weighted by atomic mass is 9.92. The number of carbonyl (C=O) groups is 1. The number of nitrogens with two attached hydrogens (primary N) is 1. The van der Waals surface area contributed by atoms with Crippen molar-refractivity contribution in [3.63, 3.8) is 0 Å². The zero-order chi connectivity index (χ0) is 16.1. The first-order valence-corrected chi connectivity index (χ1v) is 8.34. The van der Waals surface area contributed by atoms with Gasteiger partial charge in [-0.15, -0.1) is 12.4 Å². The highest BCUT2D eigenvalue weighted by Gasteiger charge is 2.24. The predicted molar refractivity (Wildman–Crippen MR) is 99.2 cm³/mol. The maximum Gasteiger partial charge on any atom is 0.238 e. The van der Waals surface area contributed by atoms with Crippen LogP contribution in [0.5, 0.6) is 0 Å². The van der Waals surface area contributed by atoms with Crippen LogP contribution >= 0.6 is 12.4 Å². The molecule has 23 heavy (non-hydrogen) atoms. The molecule has 1 saturated heterocycles. The normalized spacial score (nSPS) is 20.0. The summed E-state index contributed by atoms with van der Waals surface area (Å²) in [5.41, 5.74) is 8.13. The van der Waals surface area contributed by atoms with Crippen LogP contribution in [0.3, 0.4) is 0 Å². The molecule has 130 valence electrons. The second-order valence-electron chi connectivity index (χ2n) is 6.79. The average molecular weight is 340 g/mol. The molecule has 2 unspecified atom stereocenters.